The number of benzene rings is 1. The zero-order valence-electron chi connectivity index (χ0n) is 13.3. The van der Waals surface area contributed by atoms with E-state index in [1.807, 2.05) is 24.2 Å². The zero-order valence-corrected chi connectivity index (χ0v) is 14.1. The molecule has 1 atom stereocenters. The molecule has 1 N–H and O–H groups in total. The van der Waals surface area contributed by atoms with Gasteiger partial charge in [0.25, 0.3) is 0 Å². The van der Waals surface area contributed by atoms with E-state index in [1.54, 1.807) is 0 Å². The van der Waals surface area contributed by atoms with Gasteiger partial charge in [-0.25, -0.2) is 4.98 Å². The van der Waals surface area contributed by atoms with Crippen molar-refractivity contribution in [2.24, 2.45) is 7.05 Å². The van der Waals surface area contributed by atoms with Crippen molar-refractivity contribution in [1.29, 1.82) is 0 Å². The molecule has 0 spiro atoms. The average Bonchev–Trinajstić information content (AvgIpc) is 2.95. The van der Waals surface area contributed by atoms with E-state index in [4.69, 9.17) is 0 Å². The lowest BCUT2D eigenvalue weighted by molar-refractivity contribution is 0.144. The number of hydrogen-bond donors (Lipinski definition) is 1. The molecule has 0 bridgehead atoms. The monoisotopic (exact) mass is 316 g/mol. The van der Waals surface area contributed by atoms with Crippen LogP contribution in [-0.4, -0.2) is 39.8 Å². The SMILES string of the molecule is CCSc1cccc(CN2CCNCC2c2nccn2C)c1. The lowest BCUT2D eigenvalue weighted by atomic mass is 10.1. The molecule has 1 aromatic carbocycles. The molecule has 0 aliphatic carbocycles. The summed E-state index contributed by atoms with van der Waals surface area (Å²) in [6.07, 6.45) is 3.92. The van der Waals surface area contributed by atoms with E-state index in [0.29, 0.717) is 6.04 Å². The Balaban J connectivity index is 1.77. The van der Waals surface area contributed by atoms with Gasteiger partial charge in [0.2, 0.25) is 0 Å². The molecule has 118 valence electrons. The lowest BCUT2D eigenvalue weighted by Gasteiger charge is -2.35. The number of rotatable bonds is 5. The summed E-state index contributed by atoms with van der Waals surface area (Å²) in [5, 5.41) is 3.50. The first-order chi connectivity index (χ1) is 10.8. The molecule has 5 heteroatoms. The minimum atomic E-state index is 0.344. The van der Waals surface area contributed by atoms with Gasteiger partial charge in [-0.05, 0) is 23.4 Å². The van der Waals surface area contributed by atoms with Crippen LogP contribution in [0.2, 0.25) is 0 Å². The first kappa shape index (κ1) is 15.6. The van der Waals surface area contributed by atoms with Crippen molar-refractivity contribution in [3.63, 3.8) is 0 Å². The molecule has 1 unspecified atom stereocenters. The van der Waals surface area contributed by atoms with E-state index in [0.717, 1.165) is 37.8 Å². The molecule has 22 heavy (non-hydrogen) atoms. The van der Waals surface area contributed by atoms with Gasteiger partial charge in [0, 0.05) is 50.5 Å². The molecule has 3 rings (SSSR count). The van der Waals surface area contributed by atoms with Crippen molar-refractivity contribution >= 4 is 11.8 Å². The number of nitrogens with one attached hydrogen (secondary N) is 1. The third-order valence-corrected chi connectivity index (χ3v) is 4.98. The first-order valence-electron chi connectivity index (χ1n) is 7.91. The summed E-state index contributed by atoms with van der Waals surface area (Å²) in [6, 6.07) is 9.27. The minimum absolute atomic E-state index is 0.344. The molecule has 1 aliphatic heterocycles. The maximum atomic E-state index is 4.56. The van der Waals surface area contributed by atoms with Gasteiger partial charge >= 0.3 is 0 Å². The fourth-order valence-corrected chi connectivity index (χ4v) is 3.77. The van der Waals surface area contributed by atoms with E-state index < -0.39 is 0 Å². The van der Waals surface area contributed by atoms with Crippen LogP contribution in [0.5, 0.6) is 0 Å². The van der Waals surface area contributed by atoms with E-state index in [2.05, 4.69) is 58.0 Å². The van der Waals surface area contributed by atoms with Crippen LogP contribution in [0.3, 0.4) is 0 Å². The van der Waals surface area contributed by atoms with E-state index >= 15 is 0 Å². The Hall–Kier alpha value is -1.30. The van der Waals surface area contributed by atoms with E-state index in [-0.39, 0.29) is 0 Å². The van der Waals surface area contributed by atoms with Crippen molar-refractivity contribution in [1.82, 2.24) is 19.8 Å². The summed E-state index contributed by atoms with van der Waals surface area (Å²) in [5.41, 5.74) is 1.39. The molecule has 2 aromatic rings. The number of nitrogens with zero attached hydrogens (tertiary/aromatic N) is 3. The number of hydrogen-bond acceptors (Lipinski definition) is 4. The van der Waals surface area contributed by atoms with Crippen LogP contribution < -0.4 is 5.32 Å². The van der Waals surface area contributed by atoms with Gasteiger partial charge in [-0.3, -0.25) is 4.90 Å². The Morgan fingerprint density at radius 3 is 3.09 bits per heavy atom. The smallest absolute Gasteiger partial charge is 0.127 e. The number of imidazole rings is 1. The van der Waals surface area contributed by atoms with Crippen molar-refractivity contribution in [2.75, 3.05) is 25.4 Å². The van der Waals surface area contributed by atoms with Crippen LogP contribution >= 0.6 is 11.8 Å². The van der Waals surface area contributed by atoms with Crippen LogP contribution in [0, 0.1) is 0 Å². The predicted octanol–water partition coefficient (Wildman–Crippen LogP) is 2.68. The minimum Gasteiger partial charge on any atom is -0.337 e. The topological polar surface area (TPSA) is 33.1 Å². The van der Waals surface area contributed by atoms with Gasteiger partial charge in [-0.2, -0.15) is 0 Å². The van der Waals surface area contributed by atoms with Crippen molar-refractivity contribution in [2.45, 2.75) is 24.4 Å². The molecule has 0 radical (unpaired) electrons. The van der Waals surface area contributed by atoms with Gasteiger partial charge in [0.15, 0.2) is 0 Å². The summed E-state index contributed by atoms with van der Waals surface area (Å²) in [6.45, 7) is 6.25. The fourth-order valence-electron chi connectivity index (χ4n) is 3.02. The number of thioether (sulfide) groups is 1. The van der Waals surface area contributed by atoms with Gasteiger partial charge < -0.3 is 9.88 Å². The molecule has 1 saturated heterocycles. The van der Waals surface area contributed by atoms with Gasteiger partial charge in [0.05, 0.1) is 6.04 Å². The molecular weight excluding hydrogens is 292 g/mol. The Labute approximate surface area is 136 Å². The van der Waals surface area contributed by atoms with Crippen LogP contribution in [-0.2, 0) is 13.6 Å². The second kappa shape index (κ2) is 7.31. The van der Waals surface area contributed by atoms with Crippen LogP contribution in [0.4, 0.5) is 0 Å². The second-order valence-electron chi connectivity index (χ2n) is 5.67. The van der Waals surface area contributed by atoms with Crippen LogP contribution in [0.15, 0.2) is 41.6 Å². The van der Waals surface area contributed by atoms with Crippen LogP contribution in [0.1, 0.15) is 24.4 Å². The molecule has 2 heterocycles. The van der Waals surface area contributed by atoms with E-state index in [1.165, 1.54) is 10.5 Å². The quantitative estimate of drug-likeness (QED) is 0.860. The van der Waals surface area contributed by atoms with Crippen LogP contribution in [0.25, 0.3) is 0 Å². The summed E-state index contributed by atoms with van der Waals surface area (Å²) >= 11 is 1.91. The highest BCUT2D eigenvalue weighted by atomic mass is 32.2. The van der Waals surface area contributed by atoms with Gasteiger partial charge in [-0.1, -0.05) is 19.1 Å². The van der Waals surface area contributed by atoms with Crippen molar-refractivity contribution in [3.8, 4) is 0 Å². The Morgan fingerprint density at radius 1 is 1.41 bits per heavy atom. The summed E-state index contributed by atoms with van der Waals surface area (Å²) in [4.78, 5) is 8.46. The molecule has 1 aromatic heterocycles. The molecule has 0 amide bonds. The van der Waals surface area contributed by atoms with Crippen molar-refractivity contribution < 1.29 is 0 Å². The largest absolute Gasteiger partial charge is 0.337 e. The molecular formula is C17H24N4S. The summed E-state index contributed by atoms with van der Waals surface area (Å²) < 4.78 is 2.13. The fraction of sp³-hybridized carbons (Fsp3) is 0.471. The summed E-state index contributed by atoms with van der Waals surface area (Å²) in [5.74, 6) is 2.26. The molecule has 1 aliphatic rings. The Bertz CT molecular complexity index is 610. The first-order valence-corrected chi connectivity index (χ1v) is 8.90. The number of aromatic nitrogens is 2. The highest BCUT2D eigenvalue weighted by Crippen LogP contribution is 2.24. The molecule has 1 fully saturated rings. The normalized spacial score (nSPS) is 19.5. The van der Waals surface area contributed by atoms with Gasteiger partial charge in [-0.15, -0.1) is 11.8 Å². The maximum absolute atomic E-state index is 4.56. The second-order valence-corrected chi connectivity index (χ2v) is 7.00. The van der Waals surface area contributed by atoms with Gasteiger partial charge in [0.1, 0.15) is 5.82 Å². The summed E-state index contributed by atoms with van der Waals surface area (Å²) in [7, 11) is 2.08. The zero-order chi connectivity index (χ0) is 15.4. The average molecular weight is 316 g/mol. The third kappa shape index (κ3) is 3.54. The number of piperazine rings is 1. The molecule has 4 nitrogen and oxygen atoms in total. The maximum Gasteiger partial charge on any atom is 0.127 e. The molecule has 0 saturated carbocycles. The number of aryl methyl sites for hydroxylation is 1. The van der Waals surface area contributed by atoms with E-state index in [9.17, 15) is 0 Å². The third-order valence-electron chi connectivity index (χ3n) is 4.11. The highest BCUT2D eigenvalue weighted by Gasteiger charge is 2.26. The Morgan fingerprint density at radius 2 is 2.32 bits per heavy atom. The standard InChI is InChI=1S/C17H24N4S/c1-3-22-15-6-4-5-14(11-15)13-21-10-7-18-12-16(21)17-19-8-9-20(17)2/h4-6,8-9,11,16,18H,3,7,10,12-13H2,1-2H3. The highest BCUT2D eigenvalue weighted by molar-refractivity contribution is 7.99. The lowest BCUT2D eigenvalue weighted by Crippen LogP contribution is -2.46. The Kier molecular flexibility index (Phi) is 5.18. The predicted molar refractivity (Wildman–Crippen MR) is 92.1 cm³/mol. The van der Waals surface area contributed by atoms with Crippen molar-refractivity contribution in [3.05, 3.63) is 48.0 Å².